The second-order valence-corrected chi connectivity index (χ2v) is 12.5. The minimum atomic E-state index is -0.558. The average molecular weight is 701 g/mol. The van der Waals surface area contributed by atoms with Gasteiger partial charge in [-0.2, -0.15) is 0 Å². The van der Waals surface area contributed by atoms with Crippen LogP contribution >= 0.6 is 0 Å². The smallest absolute Gasteiger partial charge is 0.338 e. The van der Waals surface area contributed by atoms with Gasteiger partial charge in [0.25, 0.3) is 0 Å². The molecule has 3 aromatic rings. The number of nitrogen functional groups attached to an aromatic ring is 2. The van der Waals surface area contributed by atoms with Gasteiger partial charge in [0.1, 0.15) is 11.5 Å². The van der Waals surface area contributed by atoms with Crippen LogP contribution in [0.1, 0.15) is 123 Å². The predicted octanol–water partition coefficient (Wildman–Crippen LogP) is 8.87. The van der Waals surface area contributed by atoms with Crippen LogP contribution in [0, 0.1) is 0 Å². The Bertz CT molecular complexity index is 1530. The number of unbranched alkanes of at least 4 members (excludes halogenated alkanes) is 11. The van der Waals surface area contributed by atoms with E-state index in [0.717, 1.165) is 89.0 Å². The Morgan fingerprint density at radius 2 is 1.06 bits per heavy atom. The van der Waals surface area contributed by atoms with E-state index in [-0.39, 0.29) is 11.9 Å². The van der Waals surface area contributed by atoms with Crippen molar-refractivity contribution in [2.45, 2.75) is 96.8 Å². The number of carbonyl (C=O) groups is 4. The van der Waals surface area contributed by atoms with Crippen LogP contribution in [-0.2, 0) is 19.1 Å². The summed E-state index contributed by atoms with van der Waals surface area (Å²) in [6.07, 6.45) is 16.5. The summed E-state index contributed by atoms with van der Waals surface area (Å²) in [5.74, 6) is -0.880. The molecule has 0 atom stereocenters. The van der Waals surface area contributed by atoms with Crippen molar-refractivity contribution in [2.75, 3.05) is 24.7 Å². The van der Waals surface area contributed by atoms with Crippen molar-refractivity contribution in [3.05, 3.63) is 89.5 Å². The van der Waals surface area contributed by atoms with Crippen LogP contribution in [0.5, 0.6) is 11.5 Å². The fraction of sp³-hybridized carbons (Fsp3) is 0.415. The van der Waals surface area contributed by atoms with Gasteiger partial charge in [-0.15, -0.1) is 0 Å². The number of rotatable bonds is 23. The van der Waals surface area contributed by atoms with Crippen molar-refractivity contribution >= 4 is 41.3 Å². The molecular weight excluding hydrogens is 648 g/mol. The maximum atomic E-state index is 12.4. The number of ether oxygens (including phenoxy) is 4. The Balaban J connectivity index is 1.19. The zero-order chi connectivity index (χ0) is 36.7. The molecule has 0 unspecified atom stereocenters. The molecule has 0 saturated carbocycles. The Hall–Kier alpha value is -5.12. The largest absolute Gasteiger partial charge is 0.462 e. The van der Waals surface area contributed by atoms with Crippen molar-refractivity contribution < 1.29 is 38.1 Å². The summed E-state index contributed by atoms with van der Waals surface area (Å²) in [4.78, 5) is 48.7. The zero-order valence-corrected chi connectivity index (χ0v) is 29.7. The van der Waals surface area contributed by atoms with Crippen LogP contribution in [0.25, 0.3) is 6.08 Å². The van der Waals surface area contributed by atoms with E-state index in [9.17, 15) is 19.2 Å². The monoisotopic (exact) mass is 700 g/mol. The highest BCUT2D eigenvalue weighted by molar-refractivity contribution is 5.92. The van der Waals surface area contributed by atoms with Crippen molar-refractivity contribution in [1.29, 1.82) is 0 Å². The highest BCUT2D eigenvalue weighted by Gasteiger charge is 2.10. The normalized spacial score (nSPS) is 10.9. The molecular formula is C41H52N2O8. The Morgan fingerprint density at radius 3 is 1.61 bits per heavy atom. The fourth-order valence-corrected chi connectivity index (χ4v) is 5.23. The van der Waals surface area contributed by atoms with Crippen LogP contribution < -0.4 is 20.9 Å². The predicted molar refractivity (Wildman–Crippen MR) is 199 cm³/mol. The average Bonchev–Trinajstić information content (AvgIpc) is 3.11. The van der Waals surface area contributed by atoms with Gasteiger partial charge in [0.2, 0.25) is 0 Å². The first-order valence-corrected chi connectivity index (χ1v) is 18.0. The topological polar surface area (TPSA) is 157 Å². The first-order valence-electron chi connectivity index (χ1n) is 18.0. The quantitative estimate of drug-likeness (QED) is 0.0322. The summed E-state index contributed by atoms with van der Waals surface area (Å²) in [6.45, 7) is 2.87. The molecule has 0 aliphatic rings. The van der Waals surface area contributed by atoms with Crippen LogP contribution in [0.3, 0.4) is 0 Å². The van der Waals surface area contributed by atoms with Crippen LogP contribution in [-0.4, -0.2) is 37.1 Å². The van der Waals surface area contributed by atoms with Gasteiger partial charge in [-0.05, 0) is 85.5 Å². The molecule has 10 heteroatoms. The number of esters is 4. The summed E-state index contributed by atoms with van der Waals surface area (Å²) in [6, 6.07) is 17.8. The summed E-state index contributed by atoms with van der Waals surface area (Å²) in [5.41, 5.74) is 13.9. The van der Waals surface area contributed by atoms with Gasteiger partial charge in [-0.3, -0.25) is 4.79 Å². The van der Waals surface area contributed by atoms with Gasteiger partial charge in [-0.25, -0.2) is 14.4 Å². The molecule has 4 N–H and O–H groups in total. The molecule has 3 rings (SSSR count). The maximum Gasteiger partial charge on any atom is 0.338 e. The molecule has 0 amide bonds. The van der Waals surface area contributed by atoms with Crippen molar-refractivity contribution in [3.63, 3.8) is 0 Å². The Labute approximate surface area is 301 Å². The first kappa shape index (κ1) is 40.3. The molecule has 51 heavy (non-hydrogen) atoms. The molecule has 0 heterocycles. The van der Waals surface area contributed by atoms with Crippen molar-refractivity contribution in [1.82, 2.24) is 0 Å². The third-order valence-electron chi connectivity index (χ3n) is 8.03. The van der Waals surface area contributed by atoms with Gasteiger partial charge in [-0.1, -0.05) is 83.3 Å². The second kappa shape index (κ2) is 23.3. The molecule has 0 spiro atoms. The van der Waals surface area contributed by atoms with Gasteiger partial charge >= 0.3 is 23.9 Å². The number of anilines is 2. The molecule has 0 aliphatic heterocycles. The summed E-state index contributed by atoms with van der Waals surface area (Å²) in [5, 5.41) is 0. The molecule has 0 bridgehead atoms. The summed E-state index contributed by atoms with van der Waals surface area (Å²) < 4.78 is 21.4. The summed E-state index contributed by atoms with van der Waals surface area (Å²) in [7, 11) is 0. The Morgan fingerprint density at radius 1 is 0.569 bits per heavy atom. The second-order valence-electron chi connectivity index (χ2n) is 12.5. The highest BCUT2D eigenvalue weighted by Crippen LogP contribution is 2.20. The number of hydrogen-bond acceptors (Lipinski definition) is 10. The number of benzene rings is 3. The highest BCUT2D eigenvalue weighted by atomic mass is 16.5. The van der Waals surface area contributed by atoms with E-state index in [4.69, 9.17) is 30.4 Å². The van der Waals surface area contributed by atoms with Gasteiger partial charge in [0.05, 0.1) is 24.3 Å². The van der Waals surface area contributed by atoms with Crippen molar-refractivity contribution in [2.24, 2.45) is 0 Å². The lowest BCUT2D eigenvalue weighted by molar-refractivity contribution is -0.134. The van der Waals surface area contributed by atoms with Crippen molar-refractivity contribution in [3.8, 4) is 11.5 Å². The van der Waals surface area contributed by atoms with E-state index < -0.39 is 11.9 Å². The third-order valence-corrected chi connectivity index (χ3v) is 8.03. The SMILES string of the molecule is CCCCCCC(=O)Oc1ccc(OC(=O)/C=C/c2ccc(C(=O)OCCCCCCCCCCCOC(=O)c3cc(N)cc(N)c3)cc2)cc1. The van der Waals surface area contributed by atoms with E-state index in [1.165, 1.54) is 6.08 Å². The minimum Gasteiger partial charge on any atom is -0.462 e. The minimum absolute atomic E-state index is 0.275. The molecule has 0 aromatic heterocycles. The van der Waals surface area contributed by atoms with Crippen LogP contribution in [0.4, 0.5) is 11.4 Å². The molecule has 0 saturated heterocycles. The van der Waals surface area contributed by atoms with Gasteiger partial charge in [0.15, 0.2) is 0 Å². The molecule has 0 radical (unpaired) electrons. The van der Waals surface area contributed by atoms with Gasteiger partial charge in [0, 0.05) is 23.9 Å². The summed E-state index contributed by atoms with van der Waals surface area (Å²) >= 11 is 0. The van der Waals surface area contributed by atoms with E-state index >= 15 is 0 Å². The van der Waals surface area contributed by atoms with Gasteiger partial charge < -0.3 is 30.4 Å². The van der Waals surface area contributed by atoms with E-state index in [1.54, 1.807) is 72.8 Å². The maximum absolute atomic E-state index is 12.4. The third kappa shape index (κ3) is 16.9. The number of carbonyl (C=O) groups excluding carboxylic acids is 4. The number of nitrogens with two attached hydrogens (primary N) is 2. The molecule has 3 aromatic carbocycles. The van der Waals surface area contributed by atoms with Crippen LogP contribution in [0.15, 0.2) is 72.8 Å². The van der Waals surface area contributed by atoms with Crippen LogP contribution in [0.2, 0.25) is 0 Å². The molecule has 0 aliphatic carbocycles. The van der Waals surface area contributed by atoms with E-state index in [2.05, 4.69) is 6.92 Å². The lowest BCUT2D eigenvalue weighted by atomic mass is 10.1. The lowest BCUT2D eigenvalue weighted by Gasteiger charge is -2.07. The van der Waals surface area contributed by atoms with E-state index in [1.807, 2.05) is 0 Å². The Kier molecular flexibility index (Phi) is 18.4. The molecule has 0 fully saturated rings. The number of hydrogen-bond donors (Lipinski definition) is 2. The van der Waals surface area contributed by atoms with E-state index in [0.29, 0.717) is 53.6 Å². The lowest BCUT2D eigenvalue weighted by Crippen LogP contribution is -2.08. The fourth-order valence-electron chi connectivity index (χ4n) is 5.23. The standard InChI is InChI=1S/C41H52N2O8/c1-2-3-4-12-15-38(44)50-36-21-23-37(24-22-36)51-39(45)25-18-31-16-19-32(20-17-31)40(46)48-26-13-10-8-6-5-7-9-11-14-27-49-41(47)33-28-34(42)30-35(43)29-33/h16-25,28-30H,2-15,26-27,42-43H2,1H3/b25-18+. The molecule has 274 valence electrons. The molecule has 10 nitrogen and oxygen atoms in total. The zero-order valence-electron chi connectivity index (χ0n) is 29.7. The first-order chi connectivity index (χ1) is 24.7.